The maximum Gasteiger partial charge on any atom is 0.408 e. The molecular weight excluding hydrogens is 586 g/mol. The zero-order valence-electron chi connectivity index (χ0n) is 26.4. The molecular formula is C32H41N3O10. The molecule has 2 aromatic rings. The number of hydrogen-bond acceptors (Lipinski definition) is 10. The van der Waals surface area contributed by atoms with Gasteiger partial charge in [-0.2, -0.15) is 0 Å². The van der Waals surface area contributed by atoms with Gasteiger partial charge in [0.1, 0.15) is 29.9 Å². The lowest BCUT2D eigenvalue weighted by molar-refractivity contribution is -0.156. The molecule has 2 atom stereocenters. The van der Waals surface area contributed by atoms with E-state index in [1.54, 1.807) is 84.0 Å². The Morgan fingerprint density at radius 3 is 2.09 bits per heavy atom. The van der Waals surface area contributed by atoms with E-state index in [0.29, 0.717) is 22.7 Å². The maximum atomic E-state index is 13.5. The van der Waals surface area contributed by atoms with Crippen LogP contribution in [0.25, 0.3) is 0 Å². The summed E-state index contributed by atoms with van der Waals surface area (Å²) in [6.07, 6.45) is -1.86. The molecule has 0 radical (unpaired) electrons. The van der Waals surface area contributed by atoms with Crippen molar-refractivity contribution in [1.29, 1.82) is 0 Å². The second-order valence-corrected chi connectivity index (χ2v) is 12.3. The van der Waals surface area contributed by atoms with Crippen LogP contribution in [-0.2, 0) is 40.0 Å². The minimum atomic E-state index is -1.47. The van der Waals surface area contributed by atoms with Crippen molar-refractivity contribution >= 4 is 35.5 Å². The molecule has 0 saturated carbocycles. The summed E-state index contributed by atoms with van der Waals surface area (Å²) in [5, 5.41) is 7.65. The van der Waals surface area contributed by atoms with Crippen LogP contribution < -0.4 is 25.4 Å². The lowest BCUT2D eigenvalue weighted by Crippen LogP contribution is -2.53. The highest BCUT2D eigenvalue weighted by molar-refractivity contribution is 5.99. The van der Waals surface area contributed by atoms with Crippen LogP contribution in [-0.4, -0.2) is 59.9 Å². The molecule has 3 amide bonds. The molecule has 45 heavy (non-hydrogen) atoms. The van der Waals surface area contributed by atoms with E-state index >= 15 is 0 Å². The molecule has 13 nitrogen and oxygen atoms in total. The molecule has 0 aromatic heterocycles. The van der Waals surface area contributed by atoms with Gasteiger partial charge < -0.3 is 39.6 Å². The number of alkyl carbamates (subject to hydrolysis) is 1. The normalized spacial score (nSPS) is 13.6. The molecule has 1 aliphatic rings. The molecule has 0 saturated heterocycles. The fourth-order valence-electron chi connectivity index (χ4n) is 4.07. The lowest BCUT2D eigenvalue weighted by atomic mass is 10.1. The van der Waals surface area contributed by atoms with Crippen LogP contribution in [0.2, 0.25) is 0 Å². The Kier molecular flexibility index (Phi) is 11.8. The molecule has 0 spiro atoms. The van der Waals surface area contributed by atoms with E-state index in [9.17, 15) is 24.0 Å². The summed E-state index contributed by atoms with van der Waals surface area (Å²) < 4.78 is 26.6. The zero-order valence-corrected chi connectivity index (χ0v) is 26.4. The second kappa shape index (κ2) is 15.3. The summed E-state index contributed by atoms with van der Waals surface area (Å²) in [4.78, 5) is 64.8. The topological polar surface area (TPSA) is 168 Å². The lowest BCUT2D eigenvalue weighted by Gasteiger charge is -2.25. The molecule has 13 heteroatoms. The first-order valence-corrected chi connectivity index (χ1v) is 14.5. The van der Waals surface area contributed by atoms with Gasteiger partial charge in [0, 0.05) is 18.2 Å². The largest absolute Gasteiger partial charge is 0.460 e. The summed E-state index contributed by atoms with van der Waals surface area (Å²) in [5.41, 5.74) is -0.545. The number of amides is 3. The number of carbonyl (C=O) groups excluding carboxylic acids is 5. The Bertz CT molecular complexity index is 1370. The third-order valence-corrected chi connectivity index (χ3v) is 5.94. The highest BCUT2D eigenvalue weighted by Gasteiger charge is 2.32. The first kappa shape index (κ1) is 34.7. The minimum Gasteiger partial charge on any atom is -0.460 e. The van der Waals surface area contributed by atoms with Crippen LogP contribution in [0.1, 0.15) is 66.4 Å². The SMILES string of the molecule is CC(C)(C)OC(=O)CC[C@H](NC(=O)[C@H](CC(=O)OC(C)(C)C)NC(=O)OCc1ccccc1)C(=O)Nc1ccc2c(c1)OCO2. The molecule has 0 bridgehead atoms. The zero-order chi connectivity index (χ0) is 33.2. The summed E-state index contributed by atoms with van der Waals surface area (Å²) >= 11 is 0. The first-order valence-electron chi connectivity index (χ1n) is 14.5. The van der Waals surface area contributed by atoms with Gasteiger partial charge in [0.15, 0.2) is 11.5 Å². The van der Waals surface area contributed by atoms with Crippen LogP contribution in [0.3, 0.4) is 0 Å². The number of rotatable bonds is 12. The smallest absolute Gasteiger partial charge is 0.408 e. The highest BCUT2D eigenvalue weighted by Crippen LogP contribution is 2.34. The Morgan fingerprint density at radius 1 is 0.778 bits per heavy atom. The maximum absolute atomic E-state index is 13.5. The van der Waals surface area contributed by atoms with Gasteiger partial charge in [-0.25, -0.2) is 4.79 Å². The predicted octanol–water partition coefficient (Wildman–Crippen LogP) is 3.99. The van der Waals surface area contributed by atoms with Gasteiger partial charge in [-0.1, -0.05) is 30.3 Å². The van der Waals surface area contributed by atoms with Crippen molar-refractivity contribution in [1.82, 2.24) is 10.6 Å². The predicted molar refractivity (Wildman–Crippen MR) is 162 cm³/mol. The van der Waals surface area contributed by atoms with Crippen LogP contribution in [0.15, 0.2) is 48.5 Å². The van der Waals surface area contributed by atoms with Crippen molar-refractivity contribution in [2.24, 2.45) is 0 Å². The van der Waals surface area contributed by atoms with Crippen molar-refractivity contribution in [2.45, 2.75) is 90.7 Å². The van der Waals surface area contributed by atoms with E-state index in [0.717, 1.165) is 0 Å². The number of ether oxygens (including phenoxy) is 5. The molecule has 0 fully saturated rings. The van der Waals surface area contributed by atoms with Crippen molar-refractivity contribution in [3.8, 4) is 11.5 Å². The number of hydrogen-bond donors (Lipinski definition) is 3. The first-order chi connectivity index (χ1) is 21.1. The van der Waals surface area contributed by atoms with Gasteiger partial charge in [0.2, 0.25) is 18.6 Å². The summed E-state index contributed by atoms with van der Waals surface area (Å²) in [6.45, 7) is 10.1. The van der Waals surface area contributed by atoms with Crippen LogP contribution in [0.5, 0.6) is 11.5 Å². The number of nitrogens with one attached hydrogen (secondary N) is 3. The summed E-state index contributed by atoms with van der Waals surface area (Å²) in [7, 11) is 0. The number of benzene rings is 2. The van der Waals surface area contributed by atoms with E-state index in [2.05, 4.69) is 16.0 Å². The number of anilines is 1. The van der Waals surface area contributed by atoms with Gasteiger partial charge in [-0.15, -0.1) is 0 Å². The van der Waals surface area contributed by atoms with E-state index < -0.39 is 59.6 Å². The molecule has 0 unspecified atom stereocenters. The second-order valence-electron chi connectivity index (χ2n) is 12.3. The molecule has 1 heterocycles. The summed E-state index contributed by atoms with van der Waals surface area (Å²) in [5.74, 6) is -1.93. The average Bonchev–Trinajstić information content (AvgIpc) is 3.40. The van der Waals surface area contributed by atoms with Gasteiger partial charge in [-0.05, 0) is 65.7 Å². The van der Waals surface area contributed by atoms with Crippen molar-refractivity contribution in [3.63, 3.8) is 0 Å². The molecule has 3 N–H and O–H groups in total. The third kappa shape index (κ3) is 12.4. The molecule has 2 aromatic carbocycles. The Balaban J connectivity index is 1.76. The van der Waals surface area contributed by atoms with Crippen molar-refractivity contribution in [2.75, 3.05) is 12.1 Å². The quantitative estimate of drug-likeness (QED) is 0.231. The number of carbonyl (C=O) groups is 5. The monoisotopic (exact) mass is 627 g/mol. The standard InChI is InChI=1S/C32H41N3O10/c1-31(2,3)44-26(36)15-13-22(28(38)33-21-12-14-24-25(16-21)43-19-42-24)34-29(39)23(17-27(37)45-32(4,5)6)35-30(40)41-18-20-10-8-7-9-11-20/h7-12,14,16,22-23H,13,15,17-19H2,1-6H3,(H,33,38)(H,34,39)(H,35,40)/t22-,23-/m0/s1. The van der Waals surface area contributed by atoms with E-state index in [-0.39, 0.29) is 26.2 Å². The van der Waals surface area contributed by atoms with Gasteiger partial charge >= 0.3 is 18.0 Å². The highest BCUT2D eigenvalue weighted by atomic mass is 16.7. The van der Waals surface area contributed by atoms with Crippen molar-refractivity contribution in [3.05, 3.63) is 54.1 Å². The van der Waals surface area contributed by atoms with Crippen molar-refractivity contribution < 1.29 is 47.7 Å². The minimum absolute atomic E-state index is 0.0428. The van der Waals surface area contributed by atoms with E-state index in [1.807, 2.05) is 6.07 Å². The fourth-order valence-corrected chi connectivity index (χ4v) is 4.07. The third-order valence-electron chi connectivity index (χ3n) is 5.94. The van der Waals surface area contributed by atoms with E-state index in [1.165, 1.54) is 0 Å². The molecule has 1 aliphatic heterocycles. The Labute approximate surface area is 262 Å². The Hall–Kier alpha value is -4.81. The molecule has 3 rings (SSSR count). The number of esters is 2. The van der Waals surface area contributed by atoms with Crippen LogP contribution in [0, 0.1) is 0 Å². The van der Waals surface area contributed by atoms with Gasteiger partial charge in [0.25, 0.3) is 0 Å². The number of fused-ring (bicyclic) bond motifs is 1. The average molecular weight is 628 g/mol. The molecule has 244 valence electrons. The Morgan fingerprint density at radius 2 is 1.42 bits per heavy atom. The fraction of sp³-hybridized carbons (Fsp3) is 0.469. The van der Waals surface area contributed by atoms with Gasteiger partial charge in [-0.3, -0.25) is 19.2 Å². The van der Waals surface area contributed by atoms with Gasteiger partial charge in [0.05, 0.1) is 6.42 Å². The van der Waals surface area contributed by atoms with Crippen LogP contribution in [0.4, 0.5) is 10.5 Å². The van der Waals surface area contributed by atoms with E-state index in [4.69, 9.17) is 23.7 Å². The molecule has 0 aliphatic carbocycles. The van der Waals surface area contributed by atoms with Crippen LogP contribution >= 0.6 is 0 Å². The summed E-state index contributed by atoms with van der Waals surface area (Å²) in [6, 6.07) is 10.9.